The third kappa shape index (κ3) is 4.03. The fourth-order valence-electron chi connectivity index (χ4n) is 4.40. The molecule has 2 aromatic carbocycles. The van der Waals surface area contributed by atoms with Crippen LogP contribution in [0.2, 0.25) is 5.02 Å². The lowest BCUT2D eigenvalue weighted by atomic mass is 9.81. The summed E-state index contributed by atoms with van der Waals surface area (Å²) in [7, 11) is 0. The number of amides is 1. The van der Waals surface area contributed by atoms with E-state index in [4.69, 9.17) is 21.1 Å². The molecule has 2 aromatic rings. The van der Waals surface area contributed by atoms with Crippen LogP contribution >= 0.6 is 27.5 Å². The number of rotatable bonds is 2. The van der Waals surface area contributed by atoms with E-state index in [1.54, 1.807) is 20.8 Å². The molecular weight excluding hydrogens is 489 g/mol. The largest absolute Gasteiger partial charge is 0.480 e. The first-order valence-corrected chi connectivity index (χ1v) is 11.3. The molecule has 2 heterocycles. The highest BCUT2D eigenvalue weighted by atomic mass is 79.9. The highest BCUT2D eigenvalue weighted by Crippen LogP contribution is 2.51. The van der Waals surface area contributed by atoms with E-state index in [1.807, 2.05) is 30.3 Å². The zero-order valence-corrected chi connectivity index (χ0v) is 19.8. The van der Waals surface area contributed by atoms with Crippen molar-refractivity contribution < 1.29 is 23.8 Å². The first-order chi connectivity index (χ1) is 14.5. The van der Waals surface area contributed by atoms with E-state index < -0.39 is 35.3 Å². The summed E-state index contributed by atoms with van der Waals surface area (Å²) >= 11 is 9.54. The first-order valence-electron chi connectivity index (χ1n) is 10.1. The SMILES string of the molecule is CC(C)(C)OC(=O)N1C[C@@H](O)C[C@H]1[C@@]1(c2ccccc2)Cc2c(cc(F)c(Cl)c2Br)O1. The molecule has 0 saturated carbocycles. The average molecular weight is 513 g/mol. The van der Waals surface area contributed by atoms with Crippen molar-refractivity contribution in [3.8, 4) is 5.75 Å². The van der Waals surface area contributed by atoms with Crippen LogP contribution in [0.5, 0.6) is 5.75 Å². The number of hydrogen-bond acceptors (Lipinski definition) is 4. The molecule has 0 radical (unpaired) electrons. The molecule has 2 aliphatic heterocycles. The molecule has 0 aromatic heterocycles. The number of carbonyl (C=O) groups excluding carboxylic acids is 1. The van der Waals surface area contributed by atoms with Gasteiger partial charge in [-0.1, -0.05) is 41.9 Å². The average Bonchev–Trinajstić information content (AvgIpc) is 3.28. The van der Waals surface area contributed by atoms with Gasteiger partial charge in [-0.2, -0.15) is 0 Å². The Morgan fingerprint density at radius 2 is 2.03 bits per heavy atom. The van der Waals surface area contributed by atoms with E-state index in [-0.39, 0.29) is 11.6 Å². The Bertz CT molecular complexity index is 1010. The van der Waals surface area contributed by atoms with Gasteiger partial charge in [0.05, 0.1) is 23.7 Å². The molecule has 8 heteroatoms. The van der Waals surface area contributed by atoms with Crippen LogP contribution in [0.3, 0.4) is 0 Å². The monoisotopic (exact) mass is 511 g/mol. The van der Waals surface area contributed by atoms with Crippen molar-refractivity contribution in [1.29, 1.82) is 0 Å². The van der Waals surface area contributed by atoms with Crippen LogP contribution in [0.25, 0.3) is 0 Å². The van der Waals surface area contributed by atoms with Crippen molar-refractivity contribution in [3.05, 3.63) is 62.8 Å². The van der Waals surface area contributed by atoms with Gasteiger partial charge in [0.2, 0.25) is 0 Å². The number of aliphatic hydroxyl groups excluding tert-OH is 1. The van der Waals surface area contributed by atoms with Gasteiger partial charge in [0, 0.05) is 22.5 Å². The minimum atomic E-state index is -1.03. The number of aliphatic hydroxyl groups is 1. The van der Waals surface area contributed by atoms with Crippen LogP contribution in [0.1, 0.15) is 38.3 Å². The zero-order chi connectivity index (χ0) is 22.6. The van der Waals surface area contributed by atoms with E-state index in [2.05, 4.69) is 15.9 Å². The van der Waals surface area contributed by atoms with Crippen molar-refractivity contribution >= 4 is 33.6 Å². The molecular formula is C23H24BrClFNO4. The number of halogens is 3. The molecule has 4 rings (SSSR count). The molecule has 1 fully saturated rings. The summed E-state index contributed by atoms with van der Waals surface area (Å²) < 4.78 is 26.8. The minimum Gasteiger partial charge on any atom is -0.480 e. The normalized spacial score (nSPS) is 25.3. The third-order valence-electron chi connectivity index (χ3n) is 5.66. The smallest absolute Gasteiger partial charge is 0.410 e. The maximum absolute atomic E-state index is 14.4. The second kappa shape index (κ2) is 7.94. The quantitative estimate of drug-likeness (QED) is 0.544. The molecule has 1 N–H and O–H groups in total. The van der Waals surface area contributed by atoms with Crippen molar-refractivity contribution in [2.75, 3.05) is 6.54 Å². The van der Waals surface area contributed by atoms with Gasteiger partial charge in [0.25, 0.3) is 0 Å². The lowest BCUT2D eigenvalue weighted by Gasteiger charge is -2.40. The van der Waals surface area contributed by atoms with Gasteiger partial charge in [-0.05, 0) is 48.7 Å². The van der Waals surface area contributed by atoms with Gasteiger partial charge >= 0.3 is 6.09 Å². The van der Waals surface area contributed by atoms with Crippen LogP contribution in [-0.2, 0) is 16.8 Å². The molecule has 166 valence electrons. The van der Waals surface area contributed by atoms with Gasteiger partial charge in [0.15, 0.2) is 5.60 Å². The Kier molecular flexibility index (Phi) is 5.73. The van der Waals surface area contributed by atoms with Crippen LogP contribution in [0.4, 0.5) is 9.18 Å². The van der Waals surface area contributed by atoms with Gasteiger partial charge in [-0.15, -0.1) is 0 Å². The van der Waals surface area contributed by atoms with Crippen LogP contribution in [0.15, 0.2) is 40.9 Å². The van der Waals surface area contributed by atoms with Crippen LogP contribution in [-0.4, -0.2) is 40.4 Å². The fourth-order valence-corrected chi connectivity index (χ4v) is 5.09. The number of nitrogens with zero attached hydrogens (tertiary/aromatic N) is 1. The maximum atomic E-state index is 14.4. The lowest BCUT2D eigenvalue weighted by Crippen LogP contribution is -2.53. The van der Waals surface area contributed by atoms with Gasteiger partial charge in [0.1, 0.15) is 17.2 Å². The summed E-state index contributed by atoms with van der Waals surface area (Å²) in [6.07, 6.45) is -0.596. The van der Waals surface area contributed by atoms with Crippen molar-refractivity contribution in [3.63, 3.8) is 0 Å². The number of β-amino-alcohol motifs (C(OH)–C–C–N with tert-alkyl or cyclic N) is 1. The molecule has 31 heavy (non-hydrogen) atoms. The summed E-state index contributed by atoms with van der Waals surface area (Å²) in [4.78, 5) is 14.6. The highest BCUT2D eigenvalue weighted by Gasteiger charge is 2.55. The maximum Gasteiger partial charge on any atom is 0.410 e. The molecule has 0 unspecified atom stereocenters. The van der Waals surface area contributed by atoms with Gasteiger partial charge < -0.3 is 14.6 Å². The summed E-state index contributed by atoms with van der Waals surface area (Å²) in [5, 5.41) is 10.5. The highest BCUT2D eigenvalue weighted by molar-refractivity contribution is 9.10. The molecule has 1 saturated heterocycles. The summed E-state index contributed by atoms with van der Waals surface area (Å²) in [5.74, 6) is -0.227. The Morgan fingerprint density at radius 3 is 2.68 bits per heavy atom. The molecule has 5 nitrogen and oxygen atoms in total. The van der Waals surface area contributed by atoms with Crippen LogP contribution < -0.4 is 4.74 Å². The third-order valence-corrected chi connectivity index (χ3v) is 7.13. The number of ether oxygens (including phenoxy) is 2. The molecule has 0 bridgehead atoms. The van der Waals surface area contributed by atoms with Gasteiger partial charge in [-0.3, -0.25) is 4.90 Å². The molecule has 0 spiro atoms. The summed E-state index contributed by atoms with van der Waals surface area (Å²) in [6, 6.07) is 10.2. The Balaban J connectivity index is 1.82. The number of hydrogen-bond donors (Lipinski definition) is 1. The predicted molar refractivity (Wildman–Crippen MR) is 119 cm³/mol. The fraction of sp³-hybridized carbons (Fsp3) is 0.435. The van der Waals surface area contributed by atoms with E-state index >= 15 is 0 Å². The first kappa shape index (κ1) is 22.4. The number of likely N-dealkylation sites (tertiary alicyclic amines) is 1. The number of benzene rings is 2. The standard InChI is InChI=1S/C23H24BrClFNO4/c1-22(2,3)31-21(29)27-12-14(28)9-18(27)23(13-7-5-4-6-8-13)11-15-17(30-23)10-16(26)20(25)19(15)24/h4-8,10,14,18,28H,9,11-12H2,1-3H3/t14-,18-,23-/m0/s1. The van der Waals surface area contributed by atoms with Crippen molar-refractivity contribution in [1.82, 2.24) is 4.90 Å². The predicted octanol–water partition coefficient (Wildman–Crippen LogP) is 5.44. The molecule has 1 amide bonds. The van der Waals surface area contributed by atoms with E-state index in [1.165, 1.54) is 11.0 Å². The minimum absolute atomic E-state index is 0.0123. The number of carbonyl (C=O) groups is 1. The van der Waals surface area contributed by atoms with E-state index in [9.17, 15) is 14.3 Å². The second-order valence-electron chi connectivity index (χ2n) is 9.04. The summed E-state index contributed by atoms with van der Waals surface area (Å²) in [5.41, 5.74) is -0.172. The van der Waals surface area contributed by atoms with E-state index in [0.717, 1.165) is 11.1 Å². The molecule has 0 aliphatic carbocycles. The van der Waals surface area contributed by atoms with Crippen molar-refractivity contribution in [2.45, 2.75) is 57.0 Å². The topological polar surface area (TPSA) is 59.0 Å². The lowest BCUT2D eigenvalue weighted by molar-refractivity contribution is -0.0216. The van der Waals surface area contributed by atoms with Crippen LogP contribution in [0, 0.1) is 5.82 Å². The Morgan fingerprint density at radius 1 is 1.35 bits per heavy atom. The Hall–Kier alpha value is -1.83. The molecule has 3 atom stereocenters. The zero-order valence-electron chi connectivity index (χ0n) is 17.5. The van der Waals surface area contributed by atoms with Crippen molar-refractivity contribution in [2.24, 2.45) is 0 Å². The second-order valence-corrected chi connectivity index (χ2v) is 10.2. The summed E-state index contributed by atoms with van der Waals surface area (Å²) in [6.45, 7) is 5.51. The van der Waals surface area contributed by atoms with E-state index in [0.29, 0.717) is 23.1 Å². The number of fused-ring (bicyclic) bond motifs is 1. The Labute approximate surface area is 194 Å². The molecule has 2 aliphatic rings. The van der Waals surface area contributed by atoms with Gasteiger partial charge in [-0.25, -0.2) is 9.18 Å².